The molecule has 0 radical (unpaired) electrons. The summed E-state index contributed by atoms with van der Waals surface area (Å²) in [5.74, 6) is -1.35. The van der Waals surface area contributed by atoms with Crippen molar-refractivity contribution < 1.29 is 14.7 Å². The van der Waals surface area contributed by atoms with E-state index >= 15 is 0 Å². The van der Waals surface area contributed by atoms with E-state index in [9.17, 15) is 9.59 Å². The smallest absolute Gasteiger partial charge is 0.338 e. The molecule has 0 aromatic carbocycles. The molecule has 1 rings (SSSR count). The van der Waals surface area contributed by atoms with Gasteiger partial charge in [-0.05, 0) is 26.0 Å². The fraction of sp³-hybridized carbons (Fsp3) is 0.200. The number of allylic oxidation sites excluding steroid dienone is 1. The summed E-state index contributed by atoms with van der Waals surface area (Å²) in [6.07, 6.45) is 2.94. The monoisotopic (exact) mass is 225 g/mol. The molecular formula is C10H11NO3S. The predicted octanol–water partition coefficient (Wildman–Crippen LogP) is 2.27. The molecule has 0 saturated carbocycles. The number of carbonyl (C=O) groups is 2. The van der Waals surface area contributed by atoms with Gasteiger partial charge in [-0.1, -0.05) is 6.08 Å². The molecule has 0 spiro atoms. The summed E-state index contributed by atoms with van der Waals surface area (Å²) in [6.45, 7) is 3.51. The molecule has 0 bridgehead atoms. The Hall–Kier alpha value is -1.62. The molecule has 5 heteroatoms. The Morgan fingerprint density at radius 2 is 2.20 bits per heavy atom. The highest BCUT2D eigenvalue weighted by Crippen LogP contribution is 2.27. The van der Waals surface area contributed by atoms with Gasteiger partial charge in [0.15, 0.2) is 0 Å². The van der Waals surface area contributed by atoms with E-state index < -0.39 is 5.97 Å². The fourth-order valence-corrected chi connectivity index (χ4v) is 1.98. The molecule has 0 unspecified atom stereocenters. The van der Waals surface area contributed by atoms with Crippen LogP contribution in [0.4, 0.5) is 5.00 Å². The van der Waals surface area contributed by atoms with Crippen molar-refractivity contribution in [3.63, 3.8) is 0 Å². The number of aryl methyl sites for hydroxylation is 1. The molecule has 1 heterocycles. The summed E-state index contributed by atoms with van der Waals surface area (Å²) in [4.78, 5) is 22.9. The van der Waals surface area contributed by atoms with Crippen molar-refractivity contribution in [3.05, 3.63) is 28.7 Å². The van der Waals surface area contributed by atoms with Crippen LogP contribution >= 0.6 is 11.3 Å². The minimum Gasteiger partial charge on any atom is -0.478 e. The maximum atomic E-state index is 11.2. The van der Waals surface area contributed by atoms with Crippen LogP contribution in [0.3, 0.4) is 0 Å². The number of hydrogen-bond donors (Lipinski definition) is 2. The van der Waals surface area contributed by atoms with Crippen molar-refractivity contribution in [2.24, 2.45) is 0 Å². The Morgan fingerprint density at radius 1 is 1.53 bits per heavy atom. The Labute approximate surface area is 91.2 Å². The number of carboxylic acids is 1. The first-order valence-electron chi connectivity index (χ1n) is 4.32. The second kappa shape index (κ2) is 4.75. The van der Waals surface area contributed by atoms with E-state index in [1.54, 1.807) is 19.9 Å². The number of rotatable bonds is 3. The summed E-state index contributed by atoms with van der Waals surface area (Å²) >= 11 is 1.25. The highest BCUT2D eigenvalue weighted by molar-refractivity contribution is 7.16. The lowest BCUT2D eigenvalue weighted by molar-refractivity contribution is -0.111. The number of nitrogens with one attached hydrogen (secondary N) is 1. The van der Waals surface area contributed by atoms with Crippen molar-refractivity contribution in [2.75, 3.05) is 5.32 Å². The summed E-state index contributed by atoms with van der Waals surface area (Å²) in [5.41, 5.74) is 0.135. The van der Waals surface area contributed by atoms with E-state index in [4.69, 9.17) is 5.11 Å². The zero-order chi connectivity index (χ0) is 11.4. The van der Waals surface area contributed by atoms with Crippen LogP contribution in [0.25, 0.3) is 0 Å². The Bertz CT molecular complexity index is 420. The molecule has 4 nitrogen and oxygen atoms in total. The van der Waals surface area contributed by atoms with Gasteiger partial charge in [-0.2, -0.15) is 0 Å². The van der Waals surface area contributed by atoms with Crippen LogP contribution in [0.5, 0.6) is 0 Å². The number of carbonyl (C=O) groups excluding carboxylic acids is 1. The molecule has 80 valence electrons. The first-order chi connectivity index (χ1) is 7.04. The van der Waals surface area contributed by atoms with Crippen molar-refractivity contribution in [2.45, 2.75) is 13.8 Å². The van der Waals surface area contributed by atoms with Gasteiger partial charge in [-0.3, -0.25) is 4.79 Å². The lowest BCUT2D eigenvalue weighted by Gasteiger charge is -1.99. The number of amides is 1. The van der Waals surface area contributed by atoms with Crippen molar-refractivity contribution in [3.8, 4) is 0 Å². The van der Waals surface area contributed by atoms with Crippen LogP contribution in [0.1, 0.15) is 22.2 Å². The lowest BCUT2D eigenvalue weighted by Crippen LogP contribution is -2.09. The summed E-state index contributed by atoms with van der Waals surface area (Å²) in [7, 11) is 0. The highest BCUT2D eigenvalue weighted by atomic mass is 32.1. The number of carboxylic acid groups (broad SMARTS) is 1. The van der Waals surface area contributed by atoms with Gasteiger partial charge in [-0.15, -0.1) is 11.3 Å². The predicted molar refractivity (Wildman–Crippen MR) is 59.5 cm³/mol. The normalized spacial score (nSPS) is 10.5. The molecule has 0 aliphatic carbocycles. The fourth-order valence-electron chi connectivity index (χ4n) is 1.07. The van der Waals surface area contributed by atoms with E-state index in [0.717, 1.165) is 4.88 Å². The quantitative estimate of drug-likeness (QED) is 0.775. The van der Waals surface area contributed by atoms with Crippen LogP contribution in [0.15, 0.2) is 18.2 Å². The van der Waals surface area contributed by atoms with E-state index in [2.05, 4.69) is 5.32 Å². The molecule has 2 N–H and O–H groups in total. The van der Waals surface area contributed by atoms with Crippen molar-refractivity contribution in [1.29, 1.82) is 0 Å². The average Bonchev–Trinajstić information content (AvgIpc) is 2.47. The van der Waals surface area contributed by atoms with Gasteiger partial charge >= 0.3 is 5.97 Å². The second-order valence-electron chi connectivity index (χ2n) is 2.89. The van der Waals surface area contributed by atoms with Gasteiger partial charge < -0.3 is 10.4 Å². The minimum absolute atomic E-state index is 0.135. The zero-order valence-corrected chi connectivity index (χ0v) is 9.22. The van der Waals surface area contributed by atoms with Gasteiger partial charge in [0.05, 0.1) is 5.56 Å². The number of thiophene rings is 1. The number of aromatic carboxylic acids is 1. The van der Waals surface area contributed by atoms with E-state index in [-0.39, 0.29) is 11.5 Å². The van der Waals surface area contributed by atoms with E-state index in [1.165, 1.54) is 23.5 Å². The van der Waals surface area contributed by atoms with Crippen LogP contribution in [-0.2, 0) is 4.79 Å². The largest absolute Gasteiger partial charge is 0.478 e. The van der Waals surface area contributed by atoms with Crippen molar-refractivity contribution >= 4 is 28.2 Å². The Balaban J connectivity index is 2.93. The molecule has 0 aliphatic heterocycles. The summed E-state index contributed by atoms with van der Waals surface area (Å²) in [5, 5.41) is 11.8. The molecule has 0 aliphatic rings. The SMILES string of the molecule is CC=CC(=O)Nc1sc(C)cc1C(=O)O. The van der Waals surface area contributed by atoms with Gasteiger partial charge in [0.1, 0.15) is 5.00 Å². The Morgan fingerprint density at radius 3 is 2.73 bits per heavy atom. The topological polar surface area (TPSA) is 66.4 Å². The number of anilines is 1. The van der Waals surface area contributed by atoms with Gasteiger partial charge in [-0.25, -0.2) is 4.79 Å². The Kier molecular flexibility index (Phi) is 3.62. The first-order valence-corrected chi connectivity index (χ1v) is 5.13. The molecule has 0 saturated heterocycles. The van der Waals surface area contributed by atoms with E-state index in [1.807, 2.05) is 0 Å². The molecule has 0 atom stereocenters. The van der Waals surface area contributed by atoms with Gasteiger partial charge in [0, 0.05) is 4.88 Å². The molecule has 0 fully saturated rings. The van der Waals surface area contributed by atoms with Gasteiger partial charge in [0.25, 0.3) is 0 Å². The molecule has 1 amide bonds. The maximum Gasteiger partial charge on any atom is 0.338 e. The zero-order valence-electron chi connectivity index (χ0n) is 8.40. The van der Waals surface area contributed by atoms with Crippen LogP contribution in [0.2, 0.25) is 0 Å². The second-order valence-corrected chi connectivity index (χ2v) is 4.15. The maximum absolute atomic E-state index is 11.2. The molecule has 1 aromatic rings. The average molecular weight is 225 g/mol. The van der Waals surface area contributed by atoms with Crippen LogP contribution in [0, 0.1) is 6.92 Å². The van der Waals surface area contributed by atoms with Crippen molar-refractivity contribution in [1.82, 2.24) is 0 Å². The summed E-state index contributed by atoms with van der Waals surface area (Å²) < 4.78 is 0. The molecule has 1 aromatic heterocycles. The first kappa shape index (κ1) is 11.5. The van der Waals surface area contributed by atoms with Crippen LogP contribution < -0.4 is 5.32 Å². The van der Waals surface area contributed by atoms with E-state index in [0.29, 0.717) is 5.00 Å². The lowest BCUT2D eigenvalue weighted by atomic mass is 10.3. The third kappa shape index (κ3) is 2.92. The minimum atomic E-state index is -1.03. The third-order valence-corrected chi connectivity index (χ3v) is 2.61. The number of hydrogen-bond acceptors (Lipinski definition) is 3. The van der Waals surface area contributed by atoms with Gasteiger partial charge in [0.2, 0.25) is 5.91 Å². The third-order valence-electron chi connectivity index (χ3n) is 1.64. The highest BCUT2D eigenvalue weighted by Gasteiger charge is 2.14. The molecule has 15 heavy (non-hydrogen) atoms. The summed E-state index contributed by atoms with van der Waals surface area (Å²) in [6, 6.07) is 1.54. The van der Waals surface area contributed by atoms with Crippen LogP contribution in [-0.4, -0.2) is 17.0 Å². The standard InChI is InChI=1S/C10H11NO3S/c1-3-4-8(12)11-9-7(10(13)14)5-6(2)15-9/h3-5H,1-2H3,(H,11,12)(H,13,14). The molecular weight excluding hydrogens is 214 g/mol.